The summed E-state index contributed by atoms with van der Waals surface area (Å²) in [6.07, 6.45) is 0. The number of aryl methyl sites for hydroxylation is 3. The summed E-state index contributed by atoms with van der Waals surface area (Å²) in [5, 5.41) is 9.37. The number of rotatable bonds is 4. The lowest BCUT2D eigenvalue weighted by Gasteiger charge is -2.16. The number of carbonyl (C=O) groups excluding carboxylic acids is 1. The smallest absolute Gasteiger partial charge is 0.294 e. The zero-order valence-corrected chi connectivity index (χ0v) is 17.4. The minimum atomic E-state index is -1.36. The van der Waals surface area contributed by atoms with E-state index in [1.165, 1.54) is 0 Å². The number of benzene rings is 1. The van der Waals surface area contributed by atoms with Crippen LogP contribution in [0.25, 0.3) is 16.7 Å². The molecule has 1 aromatic carbocycles. The first-order valence-corrected chi connectivity index (χ1v) is 9.35. The topological polar surface area (TPSA) is 135 Å². The summed E-state index contributed by atoms with van der Waals surface area (Å²) in [4.78, 5) is 23.6. The molecule has 0 unspecified atom stereocenters. The number of nitrogens with zero attached hydrogens (tertiary/aromatic N) is 6. The first kappa shape index (κ1) is 20.0. The lowest BCUT2D eigenvalue weighted by molar-refractivity contribution is -0.138. The molecule has 3 aromatic heterocycles. The van der Waals surface area contributed by atoms with E-state index in [1.807, 2.05) is 32.0 Å². The van der Waals surface area contributed by atoms with Gasteiger partial charge in [0, 0.05) is 29.6 Å². The molecule has 156 valence electrons. The van der Waals surface area contributed by atoms with E-state index in [2.05, 4.69) is 37.0 Å². The molecule has 31 heavy (non-hydrogen) atoms. The Balaban J connectivity index is 1.81. The van der Waals surface area contributed by atoms with Gasteiger partial charge in [-0.2, -0.15) is 15.1 Å². The highest BCUT2D eigenvalue weighted by molar-refractivity contribution is 5.84. The van der Waals surface area contributed by atoms with Crippen molar-refractivity contribution >= 4 is 23.3 Å². The van der Waals surface area contributed by atoms with E-state index in [-0.39, 0.29) is 11.8 Å². The Labute approximate surface area is 177 Å². The molecule has 4 aromatic rings. The van der Waals surface area contributed by atoms with Crippen LogP contribution >= 0.6 is 0 Å². The van der Waals surface area contributed by atoms with E-state index in [0.29, 0.717) is 23.7 Å². The van der Waals surface area contributed by atoms with Crippen molar-refractivity contribution in [2.75, 3.05) is 5.73 Å². The maximum absolute atomic E-state index is 11.0. The Morgan fingerprint density at radius 3 is 2.68 bits per heavy atom. The third-order valence-electron chi connectivity index (χ3n) is 4.62. The van der Waals surface area contributed by atoms with Gasteiger partial charge in [0.1, 0.15) is 0 Å². The molecule has 1 atom stereocenters. The highest BCUT2D eigenvalue weighted by Gasteiger charge is 2.32. The third-order valence-corrected chi connectivity index (χ3v) is 4.62. The maximum Gasteiger partial charge on any atom is 0.294 e. The SMILES string of the molecule is Cc1cc(-n2nc(C)c3ccc(C#C[C@@](C)(OC=O)c4noc(C)n4)cc32)nc(N)n1. The summed E-state index contributed by atoms with van der Waals surface area (Å²) >= 11 is 0. The molecule has 0 aliphatic carbocycles. The Bertz CT molecular complexity index is 1340. The van der Waals surface area contributed by atoms with Crippen LogP contribution in [0.4, 0.5) is 5.95 Å². The largest absolute Gasteiger partial charge is 0.440 e. The normalized spacial score (nSPS) is 12.8. The lowest BCUT2D eigenvalue weighted by atomic mass is 10.1. The van der Waals surface area contributed by atoms with E-state index >= 15 is 0 Å². The van der Waals surface area contributed by atoms with Gasteiger partial charge in [-0.1, -0.05) is 11.1 Å². The fourth-order valence-electron chi connectivity index (χ4n) is 3.12. The molecular formula is C21H19N7O3. The molecule has 2 N–H and O–H groups in total. The summed E-state index contributed by atoms with van der Waals surface area (Å²) in [7, 11) is 0. The Hall–Kier alpha value is -4.26. The number of fused-ring (bicyclic) bond motifs is 1. The second kappa shape index (κ2) is 7.53. The monoisotopic (exact) mass is 417 g/mol. The molecule has 3 heterocycles. The van der Waals surface area contributed by atoms with Crippen LogP contribution in [0.15, 0.2) is 28.8 Å². The lowest BCUT2D eigenvalue weighted by Crippen LogP contribution is -2.25. The minimum Gasteiger partial charge on any atom is -0.440 e. The van der Waals surface area contributed by atoms with Crippen LogP contribution in [-0.2, 0) is 15.1 Å². The van der Waals surface area contributed by atoms with Gasteiger partial charge in [0.05, 0.1) is 11.2 Å². The minimum absolute atomic E-state index is 0.165. The van der Waals surface area contributed by atoms with Gasteiger partial charge in [-0.3, -0.25) is 4.79 Å². The zero-order valence-electron chi connectivity index (χ0n) is 17.4. The standard InChI is InChI=1S/C21H19N7O3/c1-12-9-18(25-20(22)23-12)28-17-10-15(5-6-16(17)13(2)26-28)7-8-21(4,30-11-29)19-24-14(3)31-27-19/h5-6,9-11H,1-4H3,(H2,22,23,25)/t21-/m1/s1. The van der Waals surface area contributed by atoms with Crippen molar-refractivity contribution < 1.29 is 14.1 Å². The van der Waals surface area contributed by atoms with Gasteiger partial charge in [-0.25, -0.2) is 9.67 Å². The number of nitrogens with two attached hydrogens (primary N) is 1. The van der Waals surface area contributed by atoms with Crippen molar-refractivity contribution in [3.63, 3.8) is 0 Å². The fraction of sp³-hybridized carbons (Fsp3) is 0.238. The van der Waals surface area contributed by atoms with Crippen molar-refractivity contribution in [3.05, 3.63) is 52.9 Å². The van der Waals surface area contributed by atoms with E-state index in [9.17, 15) is 4.79 Å². The molecule has 0 amide bonds. The van der Waals surface area contributed by atoms with Gasteiger partial charge < -0.3 is 15.0 Å². The van der Waals surface area contributed by atoms with E-state index < -0.39 is 5.60 Å². The van der Waals surface area contributed by atoms with E-state index in [4.69, 9.17) is 15.0 Å². The maximum atomic E-state index is 11.0. The summed E-state index contributed by atoms with van der Waals surface area (Å²) in [5.41, 5.74) is 7.50. The summed E-state index contributed by atoms with van der Waals surface area (Å²) in [6.45, 7) is 7.30. The molecular weight excluding hydrogens is 398 g/mol. The number of hydrogen-bond donors (Lipinski definition) is 1. The quantitative estimate of drug-likeness (QED) is 0.391. The third kappa shape index (κ3) is 3.81. The molecule has 0 aliphatic rings. The molecule has 4 rings (SSSR count). The van der Waals surface area contributed by atoms with E-state index in [1.54, 1.807) is 24.6 Å². The highest BCUT2D eigenvalue weighted by atomic mass is 16.5. The zero-order chi connectivity index (χ0) is 22.2. The summed E-state index contributed by atoms with van der Waals surface area (Å²) < 4.78 is 11.9. The van der Waals surface area contributed by atoms with Crippen molar-refractivity contribution in [1.29, 1.82) is 0 Å². The van der Waals surface area contributed by atoms with Crippen LogP contribution in [-0.4, -0.2) is 36.4 Å². The summed E-state index contributed by atoms with van der Waals surface area (Å²) in [6, 6.07) is 7.45. The molecule has 0 fully saturated rings. The predicted molar refractivity (Wildman–Crippen MR) is 111 cm³/mol. The van der Waals surface area contributed by atoms with Gasteiger partial charge in [0.2, 0.25) is 23.3 Å². The number of aromatic nitrogens is 6. The van der Waals surface area contributed by atoms with Crippen molar-refractivity contribution in [1.82, 2.24) is 29.9 Å². The van der Waals surface area contributed by atoms with Gasteiger partial charge in [-0.15, -0.1) is 0 Å². The van der Waals surface area contributed by atoms with Crippen molar-refractivity contribution in [2.24, 2.45) is 0 Å². The Kier molecular flexibility index (Phi) is 4.87. The van der Waals surface area contributed by atoms with Crippen molar-refractivity contribution in [2.45, 2.75) is 33.3 Å². The van der Waals surface area contributed by atoms with Gasteiger partial charge >= 0.3 is 0 Å². The average molecular weight is 417 g/mol. The number of hydrogen-bond acceptors (Lipinski definition) is 9. The van der Waals surface area contributed by atoms with Gasteiger partial charge in [0.25, 0.3) is 6.47 Å². The molecule has 0 saturated carbocycles. The van der Waals surface area contributed by atoms with Crippen molar-refractivity contribution in [3.8, 4) is 17.7 Å². The molecule has 10 nitrogen and oxygen atoms in total. The van der Waals surface area contributed by atoms with Crippen LogP contribution in [0.2, 0.25) is 0 Å². The number of carbonyl (C=O) groups is 1. The van der Waals surface area contributed by atoms with Crippen LogP contribution < -0.4 is 5.73 Å². The van der Waals surface area contributed by atoms with Crippen LogP contribution in [0.1, 0.15) is 35.6 Å². The molecule has 0 bridgehead atoms. The second-order valence-corrected chi connectivity index (χ2v) is 7.09. The van der Waals surface area contributed by atoms with Crippen LogP contribution in [0.5, 0.6) is 0 Å². The predicted octanol–water partition coefficient (Wildman–Crippen LogP) is 2.15. The number of ether oxygens (including phenoxy) is 1. The molecule has 0 saturated heterocycles. The van der Waals surface area contributed by atoms with Crippen LogP contribution in [0.3, 0.4) is 0 Å². The summed E-state index contributed by atoms with van der Waals surface area (Å²) in [5.74, 6) is 7.20. The average Bonchev–Trinajstić information content (AvgIpc) is 3.30. The first-order valence-electron chi connectivity index (χ1n) is 9.35. The first-order chi connectivity index (χ1) is 14.8. The molecule has 0 spiro atoms. The van der Waals surface area contributed by atoms with Crippen LogP contribution in [0, 0.1) is 32.6 Å². The fourth-order valence-corrected chi connectivity index (χ4v) is 3.12. The Morgan fingerprint density at radius 2 is 2.00 bits per heavy atom. The number of anilines is 1. The molecule has 10 heteroatoms. The van der Waals surface area contributed by atoms with Gasteiger partial charge in [-0.05, 0) is 44.9 Å². The Morgan fingerprint density at radius 1 is 1.19 bits per heavy atom. The molecule has 0 radical (unpaired) electrons. The van der Waals surface area contributed by atoms with Gasteiger partial charge in [0.15, 0.2) is 5.82 Å². The molecule has 0 aliphatic heterocycles. The van der Waals surface area contributed by atoms with E-state index in [0.717, 1.165) is 22.3 Å². The number of nitrogen functional groups attached to an aromatic ring is 1. The second-order valence-electron chi connectivity index (χ2n) is 7.09. The highest BCUT2D eigenvalue weighted by Crippen LogP contribution is 2.24.